The average molecular weight is 462 g/mol. The lowest BCUT2D eigenvalue weighted by Gasteiger charge is -2.23. The zero-order valence-electron chi connectivity index (χ0n) is 14.6. The summed E-state index contributed by atoms with van der Waals surface area (Å²) in [5, 5.41) is 7.20. The molecule has 1 fully saturated rings. The van der Waals surface area contributed by atoms with Gasteiger partial charge in [0.25, 0.3) is 5.91 Å². The number of rotatable bonds is 4. The van der Waals surface area contributed by atoms with E-state index in [-0.39, 0.29) is 12.4 Å². The third-order valence-electron chi connectivity index (χ3n) is 4.53. The van der Waals surface area contributed by atoms with E-state index in [0.29, 0.717) is 22.0 Å². The van der Waals surface area contributed by atoms with Crippen LogP contribution >= 0.6 is 27.5 Å². The first-order valence-electron chi connectivity index (χ1n) is 8.36. The molecule has 1 saturated heterocycles. The number of carbonyl (C=O) groups is 2. The molecule has 1 aromatic heterocycles. The van der Waals surface area contributed by atoms with E-state index < -0.39 is 17.5 Å². The van der Waals surface area contributed by atoms with Gasteiger partial charge in [-0.1, -0.05) is 63.0 Å². The van der Waals surface area contributed by atoms with Crippen molar-refractivity contribution < 1.29 is 14.1 Å². The lowest BCUT2D eigenvalue weighted by molar-refractivity contribution is -0.131. The molecule has 0 spiro atoms. The van der Waals surface area contributed by atoms with E-state index in [4.69, 9.17) is 16.1 Å². The van der Waals surface area contributed by atoms with Crippen molar-refractivity contribution in [3.63, 3.8) is 0 Å². The number of carbonyl (C=O) groups excluding carboxylic acids is 2. The minimum Gasteiger partial charge on any atom is -0.337 e. The van der Waals surface area contributed by atoms with E-state index in [9.17, 15) is 9.59 Å². The number of nitrogens with one attached hydrogen (secondary N) is 1. The van der Waals surface area contributed by atoms with E-state index >= 15 is 0 Å². The molecule has 142 valence electrons. The van der Waals surface area contributed by atoms with Gasteiger partial charge in [-0.05, 0) is 25.1 Å². The maximum Gasteiger partial charge on any atom is 0.325 e. The van der Waals surface area contributed by atoms with Crippen LogP contribution in [0.3, 0.4) is 0 Å². The Hall–Kier alpha value is -2.71. The first-order chi connectivity index (χ1) is 13.4. The van der Waals surface area contributed by atoms with Crippen LogP contribution < -0.4 is 5.32 Å². The lowest BCUT2D eigenvalue weighted by Crippen LogP contribution is -2.41. The normalized spacial score (nSPS) is 19.2. The van der Waals surface area contributed by atoms with Gasteiger partial charge in [-0.3, -0.25) is 9.69 Å². The van der Waals surface area contributed by atoms with Crippen molar-refractivity contribution in [2.45, 2.75) is 19.0 Å². The molecule has 2 aromatic carbocycles. The summed E-state index contributed by atoms with van der Waals surface area (Å²) in [5.74, 6) is 0.0832. The Labute approximate surface area is 173 Å². The van der Waals surface area contributed by atoms with Gasteiger partial charge in [-0.25, -0.2) is 4.79 Å². The Morgan fingerprint density at radius 3 is 2.75 bits per heavy atom. The van der Waals surface area contributed by atoms with Gasteiger partial charge in [-0.2, -0.15) is 4.98 Å². The summed E-state index contributed by atoms with van der Waals surface area (Å²) in [5.41, 5.74) is 0.159. The van der Waals surface area contributed by atoms with Crippen molar-refractivity contribution in [3.05, 3.63) is 69.5 Å². The van der Waals surface area contributed by atoms with Crippen molar-refractivity contribution in [1.82, 2.24) is 20.4 Å². The van der Waals surface area contributed by atoms with Gasteiger partial charge in [0.15, 0.2) is 0 Å². The van der Waals surface area contributed by atoms with Gasteiger partial charge < -0.3 is 9.84 Å². The average Bonchev–Trinajstić information content (AvgIpc) is 3.22. The van der Waals surface area contributed by atoms with E-state index in [1.165, 1.54) is 0 Å². The molecule has 0 saturated carbocycles. The highest BCUT2D eigenvalue weighted by Crippen LogP contribution is 2.34. The van der Waals surface area contributed by atoms with Gasteiger partial charge in [0.1, 0.15) is 12.1 Å². The predicted molar refractivity (Wildman–Crippen MR) is 105 cm³/mol. The second-order valence-corrected chi connectivity index (χ2v) is 7.74. The van der Waals surface area contributed by atoms with Crippen LogP contribution in [0, 0.1) is 0 Å². The second-order valence-electron chi connectivity index (χ2n) is 6.45. The smallest absolute Gasteiger partial charge is 0.325 e. The van der Waals surface area contributed by atoms with E-state index in [0.717, 1.165) is 9.37 Å². The molecule has 1 aliphatic rings. The van der Waals surface area contributed by atoms with Gasteiger partial charge in [0.2, 0.25) is 11.7 Å². The van der Waals surface area contributed by atoms with Gasteiger partial charge in [0.05, 0.1) is 0 Å². The molecular formula is C19H14BrClN4O3. The Morgan fingerprint density at radius 1 is 1.21 bits per heavy atom. The number of aromatic nitrogens is 2. The van der Waals surface area contributed by atoms with Gasteiger partial charge in [-0.15, -0.1) is 0 Å². The molecule has 3 aromatic rings. The van der Waals surface area contributed by atoms with Crippen LogP contribution in [-0.2, 0) is 16.9 Å². The Balaban J connectivity index is 1.59. The van der Waals surface area contributed by atoms with Crippen LogP contribution in [0.5, 0.6) is 0 Å². The Morgan fingerprint density at radius 2 is 2.00 bits per heavy atom. The molecule has 9 heteroatoms. The summed E-state index contributed by atoms with van der Waals surface area (Å²) in [6.45, 7) is 1.54. The summed E-state index contributed by atoms with van der Waals surface area (Å²) in [4.78, 5) is 30.8. The first-order valence-corrected chi connectivity index (χ1v) is 9.53. The summed E-state index contributed by atoms with van der Waals surface area (Å²) >= 11 is 9.42. The van der Waals surface area contributed by atoms with E-state index in [2.05, 4.69) is 31.4 Å². The molecule has 4 rings (SSSR count). The van der Waals surface area contributed by atoms with Gasteiger partial charge in [0, 0.05) is 20.6 Å². The highest BCUT2D eigenvalue weighted by Gasteiger charge is 2.50. The molecule has 0 bridgehead atoms. The molecule has 28 heavy (non-hydrogen) atoms. The van der Waals surface area contributed by atoms with Gasteiger partial charge >= 0.3 is 6.03 Å². The zero-order valence-corrected chi connectivity index (χ0v) is 17.0. The monoisotopic (exact) mass is 460 g/mol. The molecule has 1 atom stereocenters. The maximum absolute atomic E-state index is 13.0. The van der Waals surface area contributed by atoms with Crippen LogP contribution in [0.2, 0.25) is 5.02 Å². The second kappa shape index (κ2) is 7.03. The number of hydrogen-bond acceptors (Lipinski definition) is 5. The Kier molecular flexibility index (Phi) is 4.68. The minimum absolute atomic E-state index is 0.127. The number of hydrogen-bond donors (Lipinski definition) is 1. The molecule has 1 N–H and O–H groups in total. The summed E-state index contributed by atoms with van der Waals surface area (Å²) < 4.78 is 5.96. The fourth-order valence-electron chi connectivity index (χ4n) is 3.09. The third-order valence-corrected chi connectivity index (χ3v) is 5.46. The Bertz CT molecular complexity index is 1090. The van der Waals surface area contributed by atoms with E-state index in [1.807, 2.05) is 18.2 Å². The van der Waals surface area contributed by atoms with Crippen molar-refractivity contribution in [2.24, 2.45) is 0 Å². The molecule has 0 aliphatic carbocycles. The highest BCUT2D eigenvalue weighted by molar-refractivity contribution is 9.10. The van der Waals surface area contributed by atoms with Crippen LogP contribution in [0.15, 0.2) is 57.5 Å². The van der Waals surface area contributed by atoms with Crippen LogP contribution in [-0.4, -0.2) is 27.0 Å². The third kappa shape index (κ3) is 3.18. The SMILES string of the molecule is CC1(c2ccccc2Br)NC(=O)N(Cc2nc(-c3cccc(Cl)c3)no2)C1=O. The topological polar surface area (TPSA) is 88.3 Å². The van der Waals surface area contributed by atoms with Crippen molar-refractivity contribution >= 4 is 39.5 Å². The van der Waals surface area contributed by atoms with Crippen molar-refractivity contribution in [3.8, 4) is 11.4 Å². The fraction of sp³-hybridized carbons (Fsp3) is 0.158. The van der Waals surface area contributed by atoms with Crippen LogP contribution in [0.4, 0.5) is 4.79 Å². The largest absolute Gasteiger partial charge is 0.337 e. The molecule has 2 heterocycles. The maximum atomic E-state index is 13.0. The summed E-state index contributed by atoms with van der Waals surface area (Å²) in [6, 6.07) is 13.7. The number of nitrogens with zero attached hydrogens (tertiary/aromatic N) is 3. The first kappa shape index (κ1) is 18.6. The van der Waals surface area contributed by atoms with Crippen molar-refractivity contribution in [2.75, 3.05) is 0 Å². The highest BCUT2D eigenvalue weighted by atomic mass is 79.9. The zero-order chi connectivity index (χ0) is 19.9. The minimum atomic E-state index is -1.19. The molecule has 1 aliphatic heterocycles. The number of halogens is 2. The van der Waals surface area contributed by atoms with Crippen LogP contribution in [0.25, 0.3) is 11.4 Å². The number of amides is 3. The summed E-state index contributed by atoms with van der Waals surface area (Å²) in [7, 11) is 0. The fourth-order valence-corrected chi connectivity index (χ4v) is 3.96. The standard InChI is InChI=1S/C19H14BrClN4O3/c1-19(13-7-2-3-8-14(13)20)17(26)25(18(27)23-19)10-15-22-16(24-28-15)11-5-4-6-12(21)9-11/h2-9H,10H2,1H3,(H,23,27). The molecule has 7 nitrogen and oxygen atoms in total. The predicted octanol–water partition coefficient (Wildman–Crippen LogP) is 4.12. The number of benzene rings is 2. The lowest BCUT2D eigenvalue weighted by atomic mass is 9.92. The summed E-state index contributed by atoms with van der Waals surface area (Å²) in [6.07, 6.45) is 0. The molecular weight excluding hydrogens is 448 g/mol. The number of urea groups is 1. The molecule has 0 radical (unpaired) electrons. The van der Waals surface area contributed by atoms with E-state index in [1.54, 1.807) is 37.3 Å². The van der Waals surface area contributed by atoms with Crippen LogP contribution in [0.1, 0.15) is 18.4 Å². The number of imide groups is 1. The molecule has 3 amide bonds. The quantitative estimate of drug-likeness (QED) is 0.591. The molecule has 1 unspecified atom stereocenters. The van der Waals surface area contributed by atoms with Crippen molar-refractivity contribution in [1.29, 1.82) is 0 Å².